The van der Waals surface area contributed by atoms with Gasteiger partial charge in [0.25, 0.3) is 0 Å². The molecule has 120 valence electrons. The molecule has 1 saturated carbocycles. The summed E-state index contributed by atoms with van der Waals surface area (Å²) in [5.74, 6) is 0.0173. The van der Waals surface area contributed by atoms with Crippen molar-refractivity contribution in [2.75, 3.05) is 26.3 Å². The molecule has 0 spiro atoms. The molecule has 2 aliphatic rings. The van der Waals surface area contributed by atoms with Crippen molar-refractivity contribution in [3.8, 4) is 0 Å². The quantitative estimate of drug-likeness (QED) is 0.779. The van der Waals surface area contributed by atoms with Crippen LogP contribution in [-0.4, -0.2) is 55.1 Å². The number of ether oxygens (including phenoxy) is 1. The summed E-state index contributed by atoms with van der Waals surface area (Å²) in [6.07, 6.45) is 4.34. The lowest BCUT2D eigenvalue weighted by Gasteiger charge is -2.38. The summed E-state index contributed by atoms with van der Waals surface area (Å²) in [4.78, 5) is 26.6. The molecule has 2 fully saturated rings. The molecule has 0 aromatic rings. The number of carbonyl (C=O) groups is 2. The zero-order chi connectivity index (χ0) is 15.2. The average Bonchev–Trinajstić information content (AvgIpc) is 2.52. The van der Waals surface area contributed by atoms with E-state index in [1.807, 2.05) is 6.92 Å². The highest BCUT2D eigenvalue weighted by Crippen LogP contribution is 2.26. The Morgan fingerprint density at radius 1 is 1.29 bits per heavy atom. The van der Waals surface area contributed by atoms with Crippen molar-refractivity contribution in [3.05, 3.63) is 0 Å². The van der Waals surface area contributed by atoms with Crippen LogP contribution in [0.25, 0.3) is 0 Å². The third-order valence-corrected chi connectivity index (χ3v) is 4.38. The van der Waals surface area contributed by atoms with Crippen LogP contribution in [0, 0.1) is 5.92 Å². The Morgan fingerprint density at radius 3 is 2.67 bits per heavy atom. The molecule has 3 N–H and O–H groups in total. The van der Waals surface area contributed by atoms with Crippen molar-refractivity contribution in [2.45, 2.75) is 51.1 Å². The zero-order valence-electron chi connectivity index (χ0n) is 12.8. The smallest absolute Gasteiger partial charge is 0.245 e. The van der Waals surface area contributed by atoms with Crippen molar-refractivity contribution in [2.24, 2.45) is 11.7 Å². The average molecular weight is 297 g/mol. The Bertz CT molecular complexity index is 367. The van der Waals surface area contributed by atoms with Crippen LogP contribution in [0.3, 0.4) is 0 Å². The molecule has 0 radical (unpaired) electrons. The topological polar surface area (TPSA) is 84.7 Å². The van der Waals surface area contributed by atoms with Gasteiger partial charge in [-0.2, -0.15) is 0 Å². The molecule has 21 heavy (non-hydrogen) atoms. The lowest BCUT2D eigenvalue weighted by atomic mass is 9.85. The van der Waals surface area contributed by atoms with Crippen LogP contribution < -0.4 is 11.1 Å². The Morgan fingerprint density at radius 2 is 2.00 bits per heavy atom. The SMILES string of the molecule is CCCNC(=O)C1COCCN1C(=O)C1CCC(N)CC1. The minimum atomic E-state index is -0.478. The van der Waals surface area contributed by atoms with Gasteiger partial charge in [0.2, 0.25) is 11.8 Å². The Labute approximate surface area is 126 Å². The van der Waals surface area contributed by atoms with E-state index < -0.39 is 6.04 Å². The van der Waals surface area contributed by atoms with Crippen molar-refractivity contribution >= 4 is 11.8 Å². The van der Waals surface area contributed by atoms with E-state index in [0.29, 0.717) is 26.3 Å². The Hall–Kier alpha value is -1.14. The molecule has 2 amide bonds. The fourth-order valence-electron chi connectivity index (χ4n) is 3.05. The molecular weight excluding hydrogens is 270 g/mol. The summed E-state index contributed by atoms with van der Waals surface area (Å²) in [6, 6.07) is -0.254. The Balaban J connectivity index is 1.97. The van der Waals surface area contributed by atoms with Crippen molar-refractivity contribution in [1.29, 1.82) is 0 Å². The van der Waals surface area contributed by atoms with E-state index >= 15 is 0 Å². The van der Waals surface area contributed by atoms with Gasteiger partial charge < -0.3 is 20.7 Å². The molecule has 1 saturated heterocycles. The van der Waals surface area contributed by atoms with Crippen molar-refractivity contribution in [3.63, 3.8) is 0 Å². The normalized spacial score (nSPS) is 30.0. The van der Waals surface area contributed by atoms with Gasteiger partial charge in [0.15, 0.2) is 0 Å². The molecule has 0 aromatic heterocycles. The number of hydrogen-bond acceptors (Lipinski definition) is 4. The molecule has 0 bridgehead atoms. The van der Waals surface area contributed by atoms with Crippen LogP contribution in [0.15, 0.2) is 0 Å². The number of hydrogen-bond donors (Lipinski definition) is 2. The molecule has 6 heteroatoms. The third-order valence-electron chi connectivity index (χ3n) is 4.38. The van der Waals surface area contributed by atoms with E-state index in [-0.39, 0.29) is 23.8 Å². The molecule has 6 nitrogen and oxygen atoms in total. The number of nitrogens with zero attached hydrogens (tertiary/aromatic N) is 1. The maximum Gasteiger partial charge on any atom is 0.245 e. The van der Waals surface area contributed by atoms with Crippen molar-refractivity contribution in [1.82, 2.24) is 10.2 Å². The number of nitrogens with one attached hydrogen (secondary N) is 1. The number of carbonyl (C=O) groups excluding carboxylic acids is 2. The van der Waals surface area contributed by atoms with Gasteiger partial charge in [0.1, 0.15) is 6.04 Å². The predicted molar refractivity (Wildman–Crippen MR) is 79.6 cm³/mol. The van der Waals surface area contributed by atoms with Gasteiger partial charge in [-0.1, -0.05) is 6.92 Å². The second-order valence-electron chi connectivity index (χ2n) is 6.03. The molecule has 1 aliphatic carbocycles. The maximum atomic E-state index is 12.7. The van der Waals surface area contributed by atoms with Crippen LogP contribution in [-0.2, 0) is 14.3 Å². The molecule has 1 aliphatic heterocycles. The number of amides is 2. The van der Waals surface area contributed by atoms with Gasteiger partial charge in [-0.15, -0.1) is 0 Å². The summed E-state index contributed by atoms with van der Waals surface area (Å²) in [7, 11) is 0. The predicted octanol–water partition coefficient (Wildman–Crippen LogP) is 0.258. The summed E-state index contributed by atoms with van der Waals surface area (Å²) >= 11 is 0. The molecule has 0 aromatic carbocycles. The number of morpholine rings is 1. The first-order valence-corrected chi connectivity index (χ1v) is 8.05. The first-order valence-electron chi connectivity index (χ1n) is 8.05. The summed E-state index contributed by atoms with van der Waals surface area (Å²) in [5.41, 5.74) is 5.90. The van der Waals surface area contributed by atoms with E-state index in [0.717, 1.165) is 32.1 Å². The van der Waals surface area contributed by atoms with Crippen LogP contribution in [0.5, 0.6) is 0 Å². The summed E-state index contributed by atoms with van der Waals surface area (Å²) in [6.45, 7) is 3.95. The molecule has 2 rings (SSSR count). The van der Waals surface area contributed by atoms with E-state index in [2.05, 4.69) is 5.32 Å². The second-order valence-corrected chi connectivity index (χ2v) is 6.03. The number of nitrogens with two attached hydrogens (primary N) is 1. The largest absolute Gasteiger partial charge is 0.377 e. The molecular formula is C15H27N3O3. The highest BCUT2D eigenvalue weighted by atomic mass is 16.5. The van der Waals surface area contributed by atoms with E-state index in [1.54, 1.807) is 4.90 Å². The van der Waals surface area contributed by atoms with Gasteiger partial charge in [-0.05, 0) is 32.1 Å². The van der Waals surface area contributed by atoms with Crippen LogP contribution in [0.1, 0.15) is 39.0 Å². The van der Waals surface area contributed by atoms with Crippen LogP contribution >= 0.6 is 0 Å². The maximum absolute atomic E-state index is 12.7. The monoisotopic (exact) mass is 297 g/mol. The fraction of sp³-hybridized carbons (Fsp3) is 0.867. The van der Waals surface area contributed by atoms with Crippen molar-refractivity contribution < 1.29 is 14.3 Å². The first-order chi connectivity index (χ1) is 10.1. The minimum absolute atomic E-state index is 0.0179. The van der Waals surface area contributed by atoms with Gasteiger partial charge in [-0.3, -0.25) is 9.59 Å². The minimum Gasteiger partial charge on any atom is -0.377 e. The highest BCUT2D eigenvalue weighted by Gasteiger charge is 2.36. The second kappa shape index (κ2) is 7.75. The van der Waals surface area contributed by atoms with Gasteiger partial charge in [0, 0.05) is 25.0 Å². The van der Waals surface area contributed by atoms with E-state index in [1.165, 1.54) is 0 Å². The molecule has 1 heterocycles. The van der Waals surface area contributed by atoms with Gasteiger partial charge in [-0.25, -0.2) is 0 Å². The first kappa shape index (κ1) is 16.2. The number of rotatable bonds is 4. The molecule has 1 atom stereocenters. The lowest BCUT2D eigenvalue weighted by molar-refractivity contribution is -0.152. The summed E-state index contributed by atoms with van der Waals surface area (Å²) in [5, 5.41) is 2.86. The third kappa shape index (κ3) is 4.17. The van der Waals surface area contributed by atoms with Gasteiger partial charge in [0.05, 0.1) is 13.2 Å². The summed E-state index contributed by atoms with van der Waals surface area (Å²) < 4.78 is 5.39. The van der Waals surface area contributed by atoms with Gasteiger partial charge >= 0.3 is 0 Å². The zero-order valence-corrected chi connectivity index (χ0v) is 12.8. The van der Waals surface area contributed by atoms with Crippen LogP contribution in [0.4, 0.5) is 0 Å². The Kier molecular flexibility index (Phi) is 5.99. The van der Waals surface area contributed by atoms with Crippen LogP contribution in [0.2, 0.25) is 0 Å². The molecule has 1 unspecified atom stereocenters. The highest BCUT2D eigenvalue weighted by molar-refractivity contribution is 5.88. The fourth-order valence-corrected chi connectivity index (χ4v) is 3.05. The standard InChI is InChI=1S/C15H27N3O3/c1-2-7-17-14(19)13-10-21-9-8-18(13)15(20)11-3-5-12(16)6-4-11/h11-13H,2-10,16H2,1H3,(H,17,19). The van der Waals surface area contributed by atoms with E-state index in [9.17, 15) is 9.59 Å². The van der Waals surface area contributed by atoms with E-state index in [4.69, 9.17) is 10.5 Å². The lowest BCUT2D eigenvalue weighted by Crippen LogP contribution is -2.57.